The molecule has 0 spiro atoms. The molecule has 0 aliphatic heterocycles. The van der Waals surface area contributed by atoms with Gasteiger partial charge in [0.25, 0.3) is 5.89 Å². The van der Waals surface area contributed by atoms with E-state index in [0.717, 1.165) is 23.1 Å². The fraction of sp³-hybridized carbons (Fsp3) is 0.423. The summed E-state index contributed by atoms with van der Waals surface area (Å²) in [7, 11) is 0. The highest BCUT2D eigenvalue weighted by Crippen LogP contribution is 2.46. The van der Waals surface area contributed by atoms with Crippen LogP contribution in [0.4, 0.5) is 0 Å². The summed E-state index contributed by atoms with van der Waals surface area (Å²) in [6, 6.07) is 16.5. The van der Waals surface area contributed by atoms with Crippen LogP contribution in [0.3, 0.4) is 0 Å². The van der Waals surface area contributed by atoms with Crippen molar-refractivity contribution in [1.82, 2.24) is 15.5 Å². The van der Waals surface area contributed by atoms with Gasteiger partial charge in [-0.2, -0.15) is 4.98 Å². The topological polar surface area (TPSA) is 88.2 Å². The lowest BCUT2D eigenvalue weighted by atomic mass is 9.58. The van der Waals surface area contributed by atoms with Gasteiger partial charge in [-0.05, 0) is 47.4 Å². The molecule has 1 saturated carbocycles. The summed E-state index contributed by atoms with van der Waals surface area (Å²) in [6.07, 6.45) is 1.72. The van der Waals surface area contributed by atoms with Gasteiger partial charge in [0.1, 0.15) is 0 Å². The zero-order valence-electron chi connectivity index (χ0n) is 19.1. The molecule has 6 heteroatoms. The van der Waals surface area contributed by atoms with E-state index in [1.807, 2.05) is 50.2 Å². The molecule has 6 nitrogen and oxygen atoms in total. The average Bonchev–Trinajstić information content (AvgIpc) is 3.23. The smallest absolute Gasteiger partial charge is 0.307 e. The van der Waals surface area contributed by atoms with Crippen LogP contribution in [0.25, 0.3) is 22.8 Å². The predicted octanol–water partition coefficient (Wildman–Crippen LogP) is 5.19. The van der Waals surface area contributed by atoms with Crippen LogP contribution < -0.4 is 5.32 Å². The molecule has 2 aromatic carbocycles. The Balaban J connectivity index is 1.37. The first-order valence-electron chi connectivity index (χ1n) is 11.2. The Kier molecular flexibility index (Phi) is 6.15. The van der Waals surface area contributed by atoms with E-state index >= 15 is 0 Å². The summed E-state index contributed by atoms with van der Waals surface area (Å²) in [5, 5.41) is 16.9. The van der Waals surface area contributed by atoms with Crippen molar-refractivity contribution in [1.29, 1.82) is 0 Å². The number of hydrogen-bond acceptors (Lipinski definition) is 5. The summed E-state index contributed by atoms with van der Waals surface area (Å²) in [4.78, 5) is 15.8. The molecule has 168 valence electrons. The van der Waals surface area contributed by atoms with Crippen LogP contribution in [0.1, 0.15) is 45.2 Å². The van der Waals surface area contributed by atoms with Gasteiger partial charge in [-0.15, -0.1) is 0 Å². The van der Waals surface area contributed by atoms with Crippen LogP contribution in [-0.4, -0.2) is 27.3 Å². The van der Waals surface area contributed by atoms with Gasteiger partial charge in [-0.1, -0.05) is 69.2 Å². The van der Waals surface area contributed by atoms with E-state index in [4.69, 9.17) is 4.52 Å². The third-order valence-electron chi connectivity index (χ3n) is 6.60. The van der Waals surface area contributed by atoms with Crippen LogP contribution in [0.2, 0.25) is 0 Å². The summed E-state index contributed by atoms with van der Waals surface area (Å²) < 4.78 is 5.49. The highest BCUT2D eigenvalue weighted by molar-refractivity contribution is 5.72. The van der Waals surface area contributed by atoms with Gasteiger partial charge in [0.15, 0.2) is 0 Å². The number of carboxylic acids is 1. The fourth-order valence-corrected chi connectivity index (χ4v) is 4.42. The van der Waals surface area contributed by atoms with Crippen LogP contribution in [0, 0.1) is 17.3 Å². The fourth-order valence-electron chi connectivity index (χ4n) is 4.42. The van der Waals surface area contributed by atoms with E-state index in [9.17, 15) is 9.90 Å². The lowest BCUT2D eigenvalue weighted by molar-refractivity contribution is -0.155. The van der Waals surface area contributed by atoms with E-state index in [-0.39, 0.29) is 17.4 Å². The van der Waals surface area contributed by atoms with Crippen molar-refractivity contribution in [3.8, 4) is 22.8 Å². The molecule has 0 bridgehead atoms. The molecule has 0 saturated heterocycles. The molecular weight excluding hydrogens is 402 g/mol. The molecule has 3 aromatic rings. The molecule has 0 radical (unpaired) electrons. The third kappa shape index (κ3) is 4.60. The molecule has 1 aromatic heterocycles. The summed E-state index contributed by atoms with van der Waals surface area (Å²) >= 11 is 0. The van der Waals surface area contributed by atoms with E-state index < -0.39 is 5.97 Å². The molecular formula is C26H31N3O3. The Labute approximate surface area is 189 Å². The minimum atomic E-state index is -0.705. The third-order valence-corrected chi connectivity index (χ3v) is 6.60. The van der Waals surface area contributed by atoms with Gasteiger partial charge in [0.2, 0.25) is 5.82 Å². The highest BCUT2D eigenvalue weighted by atomic mass is 16.5. The van der Waals surface area contributed by atoms with Crippen molar-refractivity contribution in [2.75, 3.05) is 0 Å². The van der Waals surface area contributed by atoms with Gasteiger partial charge in [0, 0.05) is 23.7 Å². The second-order valence-electron chi connectivity index (χ2n) is 9.80. The Hall–Kier alpha value is -2.99. The van der Waals surface area contributed by atoms with Crippen LogP contribution in [0.5, 0.6) is 0 Å². The van der Waals surface area contributed by atoms with E-state index in [1.165, 1.54) is 5.56 Å². The predicted molar refractivity (Wildman–Crippen MR) is 124 cm³/mol. The minimum absolute atomic E-state index is 0.204. The molecule has 4 rings (SSSR count). The maximum absolute atomic E-state index is 11.3. The molecule has 2 atom stereocenters. The summed E-state index contributed by atoms with van der Waals surface area (Å²) in [6.45, 7) is 9.15. The van der Waals surface area contributed by atoms with Crippen LogP contribution in [-0.2, 0) is 17.8 Å². The van der Waals surface area contributed by atoms with Gasteiger partial charge >= 0.3 is 5.97 Å². The van der Waals surface area contributed by atoms with Crippen LogP contribution in [0.15, 0.2) is 53.1 Å². The quantitative estimate of drug-likeness (QED) is 0.508. The first-order valence-corrected chi connectivity index (χ1v) is 11.2. The van der Waals surface area contributed by atoms with Crippen molar-refractivity contribution in [2.24, 2.45) is 17.3 Å². The molecule has 0 amide bonds. The van der Waals surface area contributed by atoms with Gasteiger partial charge < -0.3 is 14.9 Å². The maximum Gasteiger partial charge on any atom is 0.307 e. The first-order chi connectivity index (χ1) is 15.2. The number of aromatic nitrogens is 2. The van der Waals surface area contributed by atoms with E-state index in [0.29, 0.717) is 30.6 Å². The summed E-state index contributed by atoms with van der Waals surface area (Å²) in [5.74, 6) is 0.720. The standard InChI is InChI=1S/C26H31N3O3/c1-16(2)13-17-5-11-20(12-6-17)24-28-23(29-32-24)19-9-7-18(8-10-19)15-27-22-14-21(25(30)31)26(22,3)4/h5-12,16,21-22,27H,13-15H2,1-4H3,(H,30,31). The number of hydrogen-bond donors (Lipinski definition) is 2. The second-order valence-corrected chi connectivity index (χ2v) is 9.80. The highest BCUT2D eigenvalue weighted by Gasteiger charge is 2.51. The van der Waals surface area contributed by atoms with Crippen molar-refractivity contribution < 1.29 is 14.4 Å². The lowest BCUT2D eigenvalue weighted by Crippen LogP contribution is -2.58. The monoisotopic (exact) mass is 433 g/mol. The Bertz CT molecular complexity index is 1070. The number of carboxylic acid groups (broad SMARTS) is 1. The number of benzene rings is 2. The Morgan fingerprint density at radius 3 is 2.31 bits per heavy atom. The lowest BCUT2D eigenvalue weighted by Gasteiger charge is -2.50. The molecule has 1 fully saturated rings. The van der Waals surface area contributed by atoms with Gasteiger partial charge in [-0.3, -0.25) is 4.79 Å². The molecule has 2 unspecified atom stereocenters. The van der Waals surface area contributed by atoms with E-state index in [1.54, 1.807) is 0 Å². The second kappa shape index (κ2) is 8.87. The number of nitrogens with zero attached hydrogens (tertiary/aromatic N) is 2. The number of rotatable bonds is 8. The molecule has 32 heavy (non-hydrogen) atoms. The first kappa shape index (κ1) is 22.2. The zero-order valence-corrected chi connectivity index (χ0v) is 19.1. The van der Waals surface area contributed by atoms with Crippen LogP contribution >= 0.6 is 0 Å². The Morgan fingerprint density at radius 2 is 1.72 bits per heavy atom. The summed E-state index contributed by atoms with van der Waals surface area (Å²) in [5.41, 5.74) is 4.01. The van der Waals surface area contributed by atoms with Crippen molar-refractivity contribution in [2.45, 2.75) is 53.1 Å². The SMILES string of the molecule is CC(C)Cc1ccc(-c2nc(-c3ccc(CNC4CC(C(=O)O)C4(C)C)cc3)no2)cc1. The van der Waals surface area contributed by atoms with Crippen molar-refractivity contribution >= 4 is 5.97 Å². The number of nitrogens with one attached hydrogen (secondary N) is 1. The average molecular weight is 434 g/mol. The zero-order chi connectivity index (χ0) is 22.9. The number of aliphatic carboxylic acids is 1. The Morgan fingerprint density at radius 1 is 1.09 bits per heavy atom. The largest absolute Gasteiger partial charge is 0.481 e. The minimum Gasteiger partial charge on any atom is -0.481 e. The molecule has 1 heterocycles. The molecule has 1 aliphatic rings. The molecule has 1 aliphatic carbocycles. The van der Waals surface area contributed by atoms with Crippen molar-refractivity contribution in [3.05, 3.63) is 59.7 Å². The van der Waals surface area contributed by atoms with Gasteiger partial charge in [0.05, 0.1) is 5.92 Å². The maximum atomic E-state index is 11.3. The molecule has 2 N–H and O–H groups in total. The van der Waals surface area contributed by atoms with Crippen molar-refractivity contribution in [3.63, 3.8) is 0 Å². The van der Waals surface area contributed by atoms with Gasteiger partial charge in [-0.25, -0.2) is 0 Å². The van der Waals surface area contributed by atoms with E-state index in [2.05, 4.69) is 41.4 Å². The normalized spacial score (nSPS) is 19.7. The number of carbonyl (C=O) groups is 1.